The largest absolute Gasteiger partial charge is 0.465 e. The van der Waals surface area contributed by atoms with E-state index < -0.39 is 5.97 Å². The number of hydrogen-bond donors (Lipinski definition) is 1. The van der Waals surface area contributed by atoms with Crippen LogP contribution in [0.3, 0.4) is 0 Å². The number of ether oxygens (including phenoxy) is 1. The molecular formula is C12H13NO4. The lowest BCUT2D eigenvalue weighted by molar-refractivity contribution is -0.141. The van der Waals surface area contributed by atoms with Crippen molar-refractivity contribution in [2.45, 2.75) is 6.92 Å². The Hall–Kier alpha value is -2.17. The van der Waals surface area contributed by atoms with E-state index in [1.165, 1.54) is 24.3 Å². The van der Waals surface area contributed by atoms with E-state index in [4.69, 9.17) is 0 Å². The fourth-order valence-electron chi connectivity index (χ4n) is 1.18. The summed E-state index contributed by atoms with van der Waals surface area (Å²) in [4.78, 5) is 33.0. The minimum Gasteiger partial charge on any atom is -0.465 e. The van der Waals surface area contributed by atoms with E-state index in [1.807, 2.05) is 0 Å². The standard InChI is InChI=1S/C12H13NO4/c1-2-17-11(15)7-13-12(16)10-5-3-9(8-14)4-6-10/h3-6,8H,2,7H2,1H3,(H,13,16). The Kier molecular flexibility index (Phi) is 4.87. The number of carbonyl (C=O) groups excluding carboxylic acids is 3. The van der Waals surface area contributed by atoms with Gasteiger partial charge in [-0.2, -0.15) is 0 Å². The topological polar surface area (TPSA) is 72.5 Å². The molecule has 0 fully saturated rings. The van der Waals surface area contributed by atoms with Gasteiger partial charge in [0, 0.05) is 11.1 Å². The maximum absolute atomic E-state index is 11.5. The molecule has 0 atom stereocenters. The van der Waals surface area contributed by atoms with Gasteiger partial charge in [-0.1, -0.05) is 12.1 Å². The van der Waals surface area contributed by atoms with Crippen LogP contribution in [-0.2, 0) is 9.53 Å². The van der Waals surface area contributed by atoms with Crippen LogP contribution in [0.15, 0.2) is 24.3 Å². The number of carbonyl (C=O) groups is 3. The fraction of sp³-hybridized carbons (Fsp3) is 0.250. The Labute approximate surface area is 98.8 Å². The van der Waals surface area contributed by atoms with Crippen molar-refractivity contribution >= 4 is 18.2 Å². The second kappa shape index (κ2) is 6.42. The van der Waals surface area contributed by atoms with Crippen molar-refractivity contribution in [1.29, 1.82) is 0 Å². The van der Waals surface area contributed by atoms with Crippen molar-refractivity contribution < 1.29 is 19.1 Å². The summed E-state index contributed by atoms with van der Waals surface area (Å²) in [6, 6.07) is 6.10. The summed E-state index contributed by atoms with van der Waals surface area (Å²) < 4.78 is 4.66. The van der Waals surface area contributed by atoms with Crippen molar-refractivity contribution in [3.8, 4) is 0 Å². The molecule has 1 amide bonds. The molecule has 0 saturated heterocycles. The first-order valence-electron chi connectivity index (χ1n) is 5.16. The van der Waals surface area contributed by atoms with Crippen LogP contribution in [-0.4, -0.2) is 31.3 Å². The number of esters is 1. The van der Waals surface area contributed by atoms with Gasteiger partial charge in [0.15, 0.2) is 0 Å². The number of nitrogens with one attached hydrogen (secondary N) is 1. The summed E-state index contributed by atoms with van der Waals surface area (Å²) in [5.74, 6) is -0.860. The molecule has 0 aliphatic heterocycles. The van der Waals surface area contributed by atoms with Crippen molar-refractivity contribution in [1.82, 2.24) is 5.32 Å². The highest BCUT2D eigenvalue weighted by Crippen LogP contribution is 2.02. The first-order chi connectivity index (χ1) is 8.17. The zero-order valence-corrected chi connectivity index (χ0v) is 9.43. The van der Waals surface area contributed by atoms with E-state index in [0.717, 1.165) is 0 Å². The Morgan fingerprint density at radius 2 is 1.94 bits per heavy atom. The molecule has 0 aliphatic carbocycles. The maximum atomic E-state index is 11.5. The highest BCUT2D eigenvalue weighted by atomic mass is 16.5. The third-order valence-corrected chi connectivity index (χ3v) is 2.01. The smallest absolute Gasteiger partial charge is 0.325 e. The molecule has 1 aromatic rings. The van der Waals surface area contributed by atoms with E-state index >= 15 is 0 Å². The van der Waals surface area contributed by atoms with Gasteiger partial charge in [-0.3, -0.25) is 14.4 Å². The summed E-state index contributed by atoms with van der Waals surface area (Å²) >= 11 is 0. The van der Waals surface area contributed by atoms with Crippen LogP contribution in [0.2, 0.25) is 0 Å². The number of benzene rings is 1. The molecule has 1 rings (SSSR count). The quantitative estimate of drug-likeness (QED) is 0.605. The van der Waals surface area contributed by atoms with Gasteiger partial charge in [0.2, 0.25) is 0 Å². The van der Waals surface area contributed by atoms with Crippen LogP contribution in [0.5, 0.6) is 0 Å². The number of amides is 1. The number of aldehydes is 1. The SMILES string of the molecule is CCOC(=O)CNC(=O)c1ccc(C=O)cc1. The van der Waals surface area contributed by atoms with Gasteiger partial charge < -0.3 is 10.1 Å². The van der Waals surface area contributed by atoms with Crippen molar-refractivity contribution in [3.63, 3.8) is 0 Å². The minimum absolute atomic E-state index is 0.165. The Morgan fingerprint density at radius 3 is 2.47 bits per heavy atom. The maximum Gasteiger partial charge on any atom is 0.325 e. The molecule has 1 aromatic carbocycles. The minimum atomic E-state index is -0.481. The van der Waals surface area contributed by atoms with Crippen molar-refractivity contribution in [3.05, 3.63) is 35.4 Å². The van der Waals surface area contributed by atoms with Crippen molar-refractivity contribution in [2.75, 3.05) is 13.2 Å². The van der Waals surface area contributed by atoms with E-state index in [1.54, 1.807) is 6.92 Å². The first-order valence-corrected chi connectivity index (χ1v) is 5.16. The third kappa shape index (κ3) is 4.06. The normalized spacial score (nSPS) is 9.47. The van der Waals surface area contributed by atoms with E-state index in [-0.39, 0.29) is 19.1 Å². The predicted octanol–water partition coefficient (Wildman–Crippen LogP) is 0.792. The van der Waals surface area contributed by atoms with Gasteiger partial charge in [0.25, 0.3) is 5.91 Å². The second-order valence-corrected chi connectivity index (χ2v) is 3.23. The molecule has 0 aliphatic rings. The fourth-order valence-corrected chi connectivity index (χ4v) is 1.18. The summed E-state index contributed by atoms with van der Waals surface area (Å²) in [5.41, 5.74) is 0.881. The van der Waals surface area contributed by atoms with Gasteiger partial charge in [0.05, 0.1) is 6.61 Å². The van der Waals surface area contributed by atoms with Gasteiger partial charge in [-0.05, 0) is 19.1 Å². The van der Waals surface area contributed by atoms with Crippen LogP contribution < -0.4 is 5.32 Å². The lowest BCUT2D eigenvalue weighted by Crippen LogP contribution is -2.30. The van der Waals surface area contributed by atoms with Gasteiger partial charge >= 0.3 is 5.97 Å². The van der Waals surface area contributed by atoms with Crippen LogP contribution in [0.25, 0.3) is 0 Å². The molecule has 17 heavy (non-hydrogen) atoms. The molecule has 0 bridgehead atoms. The molecule has 0 aromatic heterocycles. The molecule has 0 unspecified atom stereocenters. The molecular weight excluding hydrogens is 222 g/mol. The molecule has 0 saturated carbocycles. The van der Waals surface area contributed by atoms with E-state index in [2.05, 4.69) is 10.1 Å². The van der Waals surface area contributed by atoms with Crippen LogP contribution in [0, 0.1) is 0 Å². The molecule has 90 valence electrons. The molecule has 1 N–H and O–H groups in total. The Bertz CT molecular complexity index is 411. The molecule has 0 spiro atoms. The number of hydrogen-bond acceptors (Lipinski definition) is 4. The zero-order valence-electron chi connectivity index (χ0n) is 9.43. The summed E-state index contributed by atoms with van der Waals surface area (Å²) in [5, 5.41) is 2.42. The van der Waals surface area contributed by atoms with E-state index in [9.17, 15) is 14.4 Å². The summed E-state index contributed by atoms with van der Waals surface area (Å²) in [6.07, 6.45) is 0.695. The molecule has 0 heterocycles. The summed E-state index contributed by atoms with van der Waals surface area (Å²) in [6.45, 7) is 1.81. The summed E-state index contributed by atoms with van der Waals surface area (Å²) in [7, 11) is 0. The Balaban J connectivity index is 2.52. The average molecular weight is 235 g/mol. The highest BCUT2D eigenvalue weighted by Gasteiger charge is 2.07. The zero-order chi connectivity index (χ0) is 12.7. The predicted molar refractivity (Wildman–Crippen MR) is 60.8 cm³/mol. The van der Waals surface area contributed by atoms with Gasteiger partial charge in [-0.15, -0.1) is 0 Å². The second-order valence-electron chi connectivity index (χ2n) is 3.23. The molecule has 0 radical (unpaired) electrons. The number of rotatable bonds is 5. The van der Waals surface area contributed by atoms with E-state index in [0.29, 0.717) is 17.4 Å². The molecule has 5 heteroatoms. The lowest BCUT2D eigenvalue weighted by atomic mass is 10.1. The lowest BCUT2D eigenvalue weighted by Gasteiger charge is -2.04. The molecule has 5 nitrogen and oxygen atoms in total. The monoisotopic (exact) mass is 235 g/mol. The van der Waals surface area contributed by atoms with Gasteiger partial charge in [-0.25, -0.2) is 0 Å². The van der Waals surface area contributed by atoms with Crippen LogP contribution in [0.1, 0.15) is 27.6 Å². The van der Waals surface area contributed by atoms with Crippen LogP contribution in [0.4, 0.5) is 0 Å². The van der Waals surface area contributed by atoms with Gasteiger partial charge in [0.1, 0.15) is 12.8 Å². The Morgan fingerprint density at radius 1 is 1.29 bits per heavy atom. The average Bonchev–Trinajstić information content (AvgIpc) is 2.36. The van der Waals surface area contributed by atoms with Crippen LogP contribution >= 0.6 is 0 Å². The third-order valence-electron chi connectivity index (χ3n) is 2.01. The highest BCUT2D eigenvalue weighted by molar-refractivity contribution is 5.96. The van der Waals surface area contributed by atoms with Crippen molar-refractivity contribution in [2.24, 2.45) is 0 Å². The first kappa shape index (κ1) is 12.9.